The van der Waals surface area contributed by atoms with Gasteiger partial charge in [-0.05, 0) is 44.4 Å². The molecule has 0 spiro atoms. The van der Waals surface area contributed by atoms with Crippen molar-refractivity contribution in [1.29, 1.82) is 0 Å². The minimum absolute atomic E-state index is 0.0912. The molecule has 2 unspecified atom stereocenters. The number of hydrogen-bond acceptors (Lipinski definition) is 4. The molecule has 1 N–H and O–H groups in total. The minimum atomic E-state index is 0.0912. The van der Waals surface area contributed by atoms with E-state index in [1.165, 1.54) is 12.8 Å². The van der Waals surface area contributed by atoms with Gasteiger partial charge >= 0.3 is 0 Å². The monoisotopic (exact) mass is 293 g/mol. The second-order valence-electron chi connectivity index (χ2n) is 5.37. The lowest BCUT2D eigenvalue weighted by Crippen LogP contribution is -2.36. The van der Waals surface area contributed by atoms with Gasteiger partial charge in [0.15, 0.2) is 0 Å². The van der Waals surface area contributed by atoms with Crippen LogP contribution in [-0.4, -0.2) is 33.5 Å². The second-order valence-corrected chi connectivity index (χ2v) is 5.37. The van der Waals surface area contributed by atoms with Gasteiger partial charge in [0.25, 0.3) is 0 Å². The molecule has 0 amide bonds. The van der Waals surface area contributed by atoms with E-state index in [4.69, 9.17) is 14.2 Å². The summed E-state index contributed by atoms with van der Waals surface area (Å²) in [4.78, 5) is 0. The van der Waals surface area contributed by atoms with Gasteiger partial charge in [-0.2, -0.15) is 0 Å². The van der Waals surface area contributed by atoms with Crippen LogP contribution in [0.15, 0.2) is 18.2 Å². The predicted molar refractivity (Wildman–Crippen MR) is 84.1 cm³/mol. The van der Waals surface area contributed by atoms with Gasteiger partial charge in [-0.1, -0.05) is 13.0 Å². The lowest BCUT2D eigenvalue weighted by molar-refractivity contribution is 0.0178. The summed E-state index contributed by atoms with van der Waals surface area (Å²) in [6.07, 6.45) is 2.65. The standard InChI is InChI=1S/C17H27NO3/c1-5-18-16(17(21-6-2)12-10-11-12)15-13(19-3)8-7-9-14(15)20-4/h7-9,12,16-18H,5-6,10-11H2,1-4H3. The summed E-state index contributed by atoms with van der Waals surface area (Å²) < 4.78 is 17.2. The van der Waals surface area contributed by atoms with Crippen molar-refractivity contribution in [3.05, 3.63) is 23.8 Å². The summed E-state index contributed by atoms with van der Waals surface area (Å²) in [5.74, 6) is 2.33. The number of hydrogen-bond donors (Lipinski definition) is 1. The maximum absolute atomic E-state index is 6.06. The van der Waals surface area contributed by atoms with Crippen molar-refractivity contribution < 1.29 is 14.2 Å². The Morgan fingerprint density at radius 2 is 1.76 bits per heavy atom. The molecular formula is C17H27NO3. The van der Waals surface area contributed by atoms with Crippen LogP contribution in [0.5, 0.6) is 11.5 Å². The molecule has 1 aliphatic carbocycles. The molecule has 2 rings (SSSR count). The molecule has 1 saturated carbocycles. The minimum Gasteiger partial charge on any atom is -0.496 e. The van der Waals surface area contributed by atoms with Crippen LogP contribution < -0.4 is 14.8 Å². The van der Waals surface area contributed by atoms with Crippen LogP contribution >= 0.6 is 0 Å². The average Bonchev–Trinajstić information content (AvgIpc) is 3.34. The lowest BCUT2D eigenvalue weighted by Gasteiger charge is -2.30. The van der Waals surface area contributed by atoms with Crippen LogP contribution in [0.25, 0.3) is 0 Å². The first-order valence-corrected chi connectivity index (χ1v) is 7.82. The van der Waals surface area contributed by atoms with E-state index in [0.29, 0.717) is 5.92 Å². The summed E-state index contributed by atoms with van der Waals surface area (Å²) >= 11 is 0. The van der Waals surface area contributed by atoms with Crippen LogP contribution in [0.4, 0.5) is 0 Å². The van der Waals surface area contributed by atoms with Crippen molar-refractivity contribution >= 4 is 0 Å². The zero-order valence-corrected chi connectivity index (χ0v) is 13.5. The van der Waals surface area contributed by atoms with Crippen LogP contribution in [0.1, 0.15) is 38.3 Å². The predicted octanol–water partition coefficient (Wildman–Crippen LogP) is 3.17. The van der Waals surface area contributed by atoms with Crippen molar-refractivity contribution in [3.63, 3.8) is 0 Å². The van der Waals surface area contributed by atoms with Gasteiger partial charge in [0.2, 0.25) is 0 Å². The van der Waals surface area contributed by atoms with Crippen molar-refractivity contribution in [2.75, 3.05) is 27.4 Å². The topological polar surface area (TPSA) is 39.7 Å². The van der Waals surface area contributed by atoms with Crippen LogP contribution in [0.3, 0.4) is 0 Å². The largest absolute Gasteiger partial charge is 0.496 e. The molecule has 2 atom stereocenters. The zero-order valence-electron chi connectivity index (χ0n) is 13.5. The van der Waals surface area contributed by atoms with E-state index in [1.54, 1.807) is 14.2 Å². The fourth-order valence-corrected chi connectivity index (χ4v) is 2.91. The van der Waals surface area contributed by atoms with Gasteiger partial charge < -0.3 is 19.5 Å². The van der Waals surface area contributed by atoms with E-state index < -0.39 is 0 Å². The molecular weight excluding hydrogens is 266 g/mol. The maximum atomic E-state index is 6.06. The first-order chi connectivity index (χ1) is 10.3. The molecule has 1 fully saturated rings. The number of methoxy groups -OCH3 is 2. The van der Waals surface area contributed by atoms with Gasteiger partial charge in [-0.25, -0.2) is 0 Å². The van der Waals surface area contributed by atoms with Gasteiger partial charge in [-0.3, -0.25) is 0 Å². The third-order valence-corrected chi connectivity index (χ3v) is 3.98. The van der Waals surface area contributed by atoms with Crippen molar-refractivity contribution in [1.82, 2.24) is 5.32 Å². The molecule has 0 aliphatic heterocycles. The van der Waals surface area contributed by atoms with E-state index in [2.05, 4.69) is 19.2 Å². The van der Waals surface area contributed by atoms with Crippen molar-refractivity contribution in [2.24, 2.45) is 5.92 Å². The summed E-state index contributed by atoms with van der Waals surface area (Å²) in [6, 6.07) is 6.02. The zero-order chi connectivity index (χ0) is 15.2. The molecule has 4 nitrogen and oxygen atoms in total. The number of nitrogens with one attached hydrogen (secondary N) is 1. The molecule has 0 radical (unpaired) electrons. The highest BCUT2D eigenvalue weighted by Gasteiger charge is 2.39. The quantitative estimate of drug-likeness (QED) is 0.759. The Kier molecular flexibility index (Phi) is 5.88. The van der Waals surface area contributed by atoms with Crippen LogP contribution in [0, 0.1) is 5.92 Å². The summed E-state index contributed by atoms with van der Waals surface area (Å²) in [5.41, 5.74) is 1.06. The van der Waals surface area contributed by atoms with Gasteiger partial charge in [0.05, 0.1) is 31.9 Å². The fourth-order valence-electron chi connectivity index (χ4n) is 2.91. The summed E-state index contributed by atoms with van der Waals surface area (Å²) in [6.45, 7) is 5.77. The Labute approximate surface area is 127 Å². The van der Waals surface area contributed by atoms with Crippen molar-refractivity contribution in [3.8, 4) is 11.5 Å². The number of likely N-dealkylation sites (N-methyl/N-ethyl adjacent to an activating group) is 1. The SMILES string of the molecule is CCNC(c1c(OC)cccc1OC)C(OCC)C1CC1. The van der Waals surface area contributed by atoms with Gasteiger partial charge in [-0.15, -0.1) is 0 Å². The highest BCUT2D eigenvalue weighted by molar-refractivity contribution is 5.47. The lowest BCUT2D eigenvalue weighted by atomic mass is 9.95. The second kappa shape index (κ2) is 7.66. The van der Waals surface area contributed by atoms with Crippen molar-refractivity contribution in [2.45, 2.75) is 38.8 Å². The molecule has 118 valence electrons. The van der Waals surface area contributed by atoms with E-state index >= 15 is 0 Å². The molecule has 1 aliphatic rings. The molecule has 0 saturated heterocycles. The van der Waals surface area contributed by atoms with Gasteiger partial charge in [0, 0.05) is 6.61 Å². The Balaban J connectivity index is 2.40. The Morgan fingerprint density at radius 1 is 1.14 bits per heavy atom. The first-order valence-electron chi connectivity index (χ1n) is 7.82. The number of rotatable bonds is 9. The van der Waals surface area contributed by atoms with E-state index in [1.807, 2.05) is 18.2 Å². The fraction of sp³-hybridized carbons (Fsp3) is 0.647. The molecule has 4 heteroatoms. The Bertz CT molecular complexity index is 423. The van der Waals surface area contributed by atoms with Crippen LogP contribution in [-0.2, 0) is 4.74 Å². The molecule has 0 bridgehead atoms. The highest BCUT2D eigenvalue weighted by atomic mass is 16.5. The summed E-state index contributed by atoms with van der Waals surface area (Å²) in [5, 5.41) is 3.57. The molecule has 1 aromatic carbocycles. The Morgan fingerprint density at radius 3 is 2.19 bits per heavy atom. The van der Waals surface area contributed by atoms with E-state index in [-0.39, 0.29) is 12.1 Å². The average molecular weight is 293 g/mol. The highest BCUT2D eigenvalue weighted by Crippen LogP contribution is 2.44. The normalized spacial score (nSPS) is 17.3. The molecule has 1 aromatic rings. The third kappa shape index (κ3) is 3.69. The Hall–Kier alpha value is -1.26. The molecule has 0 aromatic heterocycles. The van der Waals surface area contributed by atoms with Crippen LogP contribution in [0.2, 0.25) is 0 Å². The van der Waals surface area contributed by atoms with Gasteiger partial charge in [0.1, 0.15) is 11.5 Å². The summed E-state index contributed by atoms with van der Waals surface area (Å²) in [7, 11) is 3.40. The maximum Gasteiger partial charge on any atom is 0.127 e. The smallest absolute Gasteiger partial charge is 0.127 e. The third-order valence-electron chi connectivity index (χ3n) is 3.98. The van der Waals surface area contributed by atoms with E-state index in [9.17, 15) is 0 Å². The van der Waals surface area contributed by atoms with E-state index in [0.717, 1.165) is 30.2 Å². The first kappa shape index (κ1) is 16.1. The molecule has 0 heterocycles. The number of ether oxygens (including phenoxy) is 3. The molecule has 21 heavy (non-hydrogen) atoms. The number of benzene rings is 1.